The summed E-state index contributed by atoms with van der Waals surface area (Å²) < 4.78 is 1.74. The lowest BCUT2D eigenvalue weighted by molar-refractivity contribution is -0.113. The van der Waals surface area contributed by atoms with Crippen molar-refractivity contribution in [2.75, 3.05) is 16.4 Å². The molecule has 5 rings (SSSR count). The first-order chi connectivity index (χ1) is 13.2. The molecule has 27 heavy (non-hydrogen) atoms. The lowest BCUT2D eigenvalue weighted by Crippen LogP contribution is -2.21. The molecule has 1 aromatic carbocycles. The minimum absolute atomic E-state index is 0.00398. The first-order valence-corrected chi connectivity index (χ1v) is 9.84. The van der Waals surface area contributed by atoms with Gasteiger partial charge in [-0.05, 0) is 43.0 Å². The van der Waals surface area contributed by atoms with Gasteiger partial charge in [0.1, 0.15) is 5.65 Å². The molecule has 0 atom stereocenters. The number of pyridine rings is 1. The van der Waals surface area contributed by atoms with Crippen LogP contribution in [0.15, 0.2) is 46.2 Å². The van der Waals surface area contributed by atoms with Crippen LogP contribution in [0.4, 0.5) is 17.3 Å². The molecule has 3 heterocycles. The number of anilines is 3. The number of carbonyl (C=O) groups excluding carboxylic acids is 1. The molecule has 3 aromatic rings. The molecule has 2 aromatic heterocycles. The van der Waals surface area contributed by atoms with E-state index in [0.29, 0.717) is 29.8 Å². The average molecular weight is 379 g/mol. The van der Waals surface area contributed by atoms with Gasteiger partial charge in [0.25, 0.3) is 5.56 Å². The van der Waals surface area contributed by atoms with Gasteiger partial charge in [-0.15, -0.1) is 11.8 Å². The van der Waals surface area contributed by atoms with Crippen molar-refractivity contribution in [1.82, 2.24) is 14.5 Å². The third kappa shape index (κ3) is 3.28. The number of nitrogens with zero attached hydrogens (tertiary/aromatic N) is 3. The Morgan fingerprint density at radius 3 is 2.96 bits per heavy atom. The molecule has 0 spiro atoms. The van der Waals surface area contributed by atoms with Gasteiger partial charge in [0, 0.05) is 34.8 Å². The van der Waals surface area contributed by atoms with Gasteiger partial charge in [0.15, 0.2) is 0 Å². The quantitative estimate of drug-likeness (QED) is 0.724. The zero-order valence-corrected chi connectivity index (χ0v) is 15.3. The van der Waals surface area contributed by atoms with Crippen LogP contribution < -0.4 is 16.2 Å². The van der Waals surface area contributed by atoms with Crippen LogP contribution in [0.2, 0.25) is 0 Å². The Balaban J connectivity index is 1.49. The second-order valence-corrected chi connectivity index (χ2v) is 7.89. The van der Waals surface area contributed by atoms with Crippen LogP contribution in [0.3, 0.4) is 0 Å². The molecule has 0 radical (unpaired) electrons. The Bertz CT molecular complexity index is 1120. The van der Waals surface area contributed by atoms with Crippen LogP contribution in [0.25, 0.3) is 11.0 Å². The summed E-state index contributed by atoms with van der Waals surface area (Å²) in [5, 5.41) is 6.90. The van der Waals surface area contributed by atoms with Crippen LogP contribution in [-0.4, -0.2) is 26.2 Å². The number of hydrogen-bond acceptors (Lipinski definition) is 6. The van der Waals surface area contributed by atoms with Crippen LogP contribution in [0, 0.1) is 5.92 Å². The van der Waals surface area contributed by atoms with Crippen molar-refractivity contribution in [3.63, 3.8) is 0 Å². The Morgan fingerprint density at radius 2 is 2.11 bits per heavy atom. The van der Waals surface area contributed by atoms with E-state index in [-0.39, 0.29) is 11.5 Å². The molecule has 1 aliphatic heterocycles. The second-order valence-electron chi connectivity index (χ2n) is 6.87. The maximum Gasteiger partial charge on any atom is 0.252 e. The van der Waals surface area contributed by atoms with E-state index in [1.54, 1.807) is 22.9 Å². The molecule has 2 N–H and O–H groups in total. The van der Waals surface area contributed by atoms with E-state index in [9.17, 15) is 9.59 Å². The Morgan fingerprint density at radius 1 is 1.22 bits per heavy atom. The maximum absolute atomic E-state index is 12.3. The van der Waals surface area contributed by atoms with Crippen molar-refractivity contribution >= 4 is 46.0 Å². The van der Waals surface area contributed by atoms with Crippen LogP contribution in [0.5, 0.6) is 0 Å². The monoisotopic (exact) mass is 379 g/mol. The van der Waals surface area contributed by atoms with Crippen LogP contribution in [0.1, 0.15) is 12.8 Å². The topological polar surface area (TPSA) is 88.9 Å². The number of amides is 1. The molecule has 2 aliphatic rings. The molecule has 136 valence electrons. The molecular formula is C19H17N5O2S. The van der Waals surface area contributed by atoms with Crippen molar-refractivity contribution in [1.29, 1.82) is 0 Å². The number of aromatic nitrogens is 3. The van der Waals surface area contributed by atoms with Gasteiger partial charge in [0.05, 0.1) is 11.4 Å². The highest BCUT2D eigenvalue weighted by atomic mass is 32.2. The van der Waals surface area contributed by atoms with E-state index < -0.39 is 0 Å². The van der Waals surface area contributed by atoms with Crippen molar-refractivity contribution in [3.8, 4) is 0 Å². The summed E-state index contributed by atoms with van der Waals surface area (Å²) in [7, 11) is 0. The summed E-state index contributed by atoms with van der Waals surface area (Å²) in [4.78, 5) is 33.9. The standard InChI is InChI=1S/C19H17N5O2S/c25-16-10-27-15-5-4-13(7-14(15)22-16)21-19-20-8-12-3-6-17(26)24(18(12)23-19)9-11-1-2-11/h3-8,11H,1-2,9-10H2,(H,22,25)(H,20,21,23). The van der Waals surface area contributed by atoms with E-state index >= 15 is 0 Å². The predicted octanol–water partition coefficient (Wildman–Crippen LogP) is 2.99. The van der Waals surface area contributed by atoms with E-state index in [2.05, 4.69) is 20.6 Å². The Kier molecular flexibility index (Phi) is 3.86. The molecule has 1 saturated carbocycles. The normalized spacial score (nSPS) is 16.1. The predicted molar refractivity (Wildman–Crippen MR) is 106 cm³/mol. The number of hydrogen-bond donors (Lipinski definition) is 2. The van der Waals surface area contributed by atoms with Crippen molar-refractivity contribution < 1.29 is 4.79 Å². The first kappa shape index (κ1) is 16.3. The number of carbonyl (C=O) groups is 1. The summed E-state index contributed by atoms with van der Waals surface area (Å²) in [6.07, 6.45) is 4.05. The smallest absolute Gasteiger partial charge is 0.252 e. The third-order valence-corrected chi connectivity index (χ3v) is 5.80. The summed E-state index contributed by atoms with van der Waals surface area (Å²) in [6.45, 7) is 0.703. The number of thioether (sulfide) groups is 1. The summed E-state index contributed by atoms with van der Waals surface area (Å²) in [5.74, 6) is 1.43. The second kappa shape index (κ2) is 6.38. The van der Waals surface area contributed by atoms with Gasteiger partial charge in [0.2, 0.25) is 11.9 Å². The van der Waals surface area contributed by atoms with Gasteiger partial charge < -0.3 is 10.6 Å². The minimum atomic E-state index is -0.0347. The molecule has 0 saturated heterocycles. The SMILES string of the molecule is O=C1CSc2ccc(Nc3ncc4ccc(=O)n(CC5CC5)c4n3)cc2N1. The first-order valence-electron chi connectivity index (χ1n) is 8.86. The van der Waals surface area contributed by atoms with Crippen LogP contribution >= 0.6 is 11.8 Å². The molecule has 7 nitrogen and oxygen atoms in total. The summed E-state index contributed by atoms with van der Waals surface area (Å²) >= 11 is 1.52. The van der Waals surface area contributed by atoms with Gasteiger partial charge in [-0.1, -0.05) is 0 Å². The molecule has 1 fully saturated rings. The minimum Gasteiger partial charge on any atom is -0.324 e. The van der Waals surface area contributed by atoms with Gasteiger partial charge in [-0.3, -0.25) is 14.2 Å². The zero-order valence-electron chi connectivity index (χ0n) is 14.4. The molecule has 8 heteroatoms. The molecule has 0 unspecified atom stereocenters. The van der Waals surface area contributed by atoms with E-state index in [0.717, 1.165) is 34.5 Å². The highest BCUT2D eigenvalue weighted by molar-refractivity contribution is 8.00. The average Bonchev–Trinajstić information content (AvgIpc) is 3.48. The lowest BCUT2D eigenvalue weighted by Gasteiger charge is -2.17. The number of rotatable bonds is 4. The summed E-state index contributed by atoms with van der Waals surface area (Å²) in [6, 6.07) is 9.10. The fourth-order valence-corrected chi connectivity index (χ4v) is 3.95. The van der Waals surface area contributed by atoms with E-state index in [1.807, 2.05) is 18.2 Å². The van der Waals surface area contributed by atoms with Crippen molar-refractivity contribution in [2.45, 2.75) is 24.3 Å². The third-order valence-electron chi connectivity index (χ3n) is 4.73. The van der Waals surface area contributed by atoms with Gasteiger partial charge in [-0.2, -0.15) is 4.98 Å². The molecule has 1 amide bonds. The van der Waals surface area contributed by atoms with Crippen molar-refractivity contribution in [2.24, 2.45) is 5.92 Å². The number of benzene rings is 1. The fourth-order valence-electron chi connectivity index (χ4n) is 3.16. The Hall–Kier alpha value is -2.87. The number of fused-ring (bicyclic) bond motifs is 2. The Labute approximate surface area is 159 Å². The molecular weight excluding hydrogens is 362 g/mol. The molecule has 1 aliphatic carbocycles. The van der Waals surface area contributed by atoms with E-state index in [1.165, 1.54) is 11.8 Å². The molecule has 0 bridgehead atoms. The van der Waals surface area contributed by atoms with Gasteiger partial charge >= 0.3 is 0 Å². The summed E-state index contributed by atoms with van der Waals surface area (Å²) in [5.41, 5.74) is 2.18. The van der Waals surface area contributed by atoms with Gasteiger partial charge in [-0.25, -0.2) is 4.98 Å². The largest absolute Gasteiger partial charge is 0.324 e. The highest BCUT2D eigenvalue weighted by Crippen LogP contribution is 2.34. The van der Waals surface area contributed by atoms with Crippen molar-refractivity contribution in [3.05, 3.63) is 46.9 Å². The lowest BCUT2D eigenvalue weighted by atomic mass is 10.2. The fraction of sp³-hybridized carbons (Fsp3) is 0.263. The highest BCUT2D eigenvalue weighted by Gasteiger charge is 2.23. The zero-order chi connectivity index (χ0) is 18.4. The maximum atomic E-state index is 12.3. The van der Waals surface area contributed by atoms with E-state index in [4.69, 9.17) is 0 Å². The van der Waals surface area contributed by atoms with Crippen LogP contribution in [-0.2, 0) is 11.3 Å². The number of nitrogens with one attached hydrogen (secondary N) is 2.